The molecule has 0 heterocycles. The van der Waals surface area contributed by atoms with Gasteiger partial charge >= 0.3 is 5.69 Å². The summed E-state index contributed by atoms with van der Waals surface area (Å²) in [5.41, 5.74) is -0.563. The van der Waals surface area contributed by atoms with E-state index >= 15 is 0 Å². The molecule has 22 heavy (non-hydrogen) atoms. The molecule has 1 N–H and O–H groups in total. The van der Waals surface area contributed by atoms with E-state index in [4.69, 9.17) is 9.94 Å². The van der Waals surface area contributed by atoms with E-state index in [1.54, 1.807) is 18.2 Å². The van der Waals surface area contributed by atoms with Gasteiger partial charge in [0.15, 0.2) is 0 Å². The van der Waals surface area contributed by atoms with Gasteiger partial charge in [-0.1, -0.05) is 17.3 Å². The highest BCUT2D eigenvalue weighted by Crippen LogP contribution is 2.35. The molecule has 0 fully saturated rings. The first-order valence-corrected chi connectivity index (χ1v) is 5.90. The maximum atomic E-state index is 11.0. The van der Waals surface area contributed by atoms with Crippen molar-refractivity contribution < 1.29 is 19.8 Å². The van der Waals surface area contributed by atoms with Crippen LogP contribution >= 0.6 is 0 Å². The minimum Gasteiger partial charge on any atom is -0.449 e. The predicted molar refractivity (Wildman–Crippen MR) is 75.6 cm³/mol. The van der Waals surface area contributed by atoms with E-state index in [-0.39, 0.29) is 11.5 Å². The van der Waals surface area contributed by atoms with Crippen molar-refractivity contribution in [1.82, 2.24) is 0 Å². The van der Waals surface area contributed by atoms with Crippen LogP contribution in [0.5, 0.6) is 11.5 Å². The quantitative estimate of drug-likeness (QED) is 0.391. The van der Waals surface area contributed by atoms with Crippen LogP contribution in [0.25, 0.3) is 0 Å². The van der Waals surface area contributed by atoms with Crippen LogP contribution in [0.4, 0.5) is 11.4 Å². The molecule has 0 aromatic heterocycles. The Morgan fingerprint density at radius 3 is 2.41 bits per heavy atom. The lowest BCUT2D eigenvalue weighted by Gasteiger charge is -2.08. The Labute approximate surface area is 123 Å². The average molecular weight is 303 g/mol. The predicted octanol–water partition coefficient (Wildman–Crippen LogP) is 3.10. The summed E-state index contributed by atoms with van der Waals surface area (Å²) in [5, 5.41) is 33.2. The Bertz CT molecular complexity index is 759. The van der Waals surface area contributed by atoms with Crippen molar-refractivity contribution in [2.24, 2.45) is 5.16 Å². The van der Waals surface area contributed by atoms with Crippen molar-refractivity contribution in [1.29, 1.82) is 0 Å². The van der Waals surface area contributed by atoms with Gasteiger partial charge in [0.05, 0.1) is 22.1 Å². The van der Waals surface area contributed by atoms with Gasteiger partial charge in [-0.2, -0.15) is 0 Å². The molecule has 2 aromatic rings. The average Bonchev–Trinajstić information content (AvgIpc) is 2.49. The van der Waals surface area contributed by atoms with Crippen LogP contribution in [-0.4, -0.2) is 21.3 Å². The highest BCUT2D eigenvalue weighted by atomic mass is 16.6. The number of nitrogens with zero attached hydrogens (tertiary/aromatic N) is 3. The Morgan fingerprint density at radius 1 is 1.05 bits per heavy atom. The normalized spacial score (nSPS) is 10.5. The number of oxime groups is 1. The van der Waals surface area contributed by atoms with E-state index in [0.29, 0.717) is 5.56 Å². The number of non-ortho nitro benzene ring substituents is 1. The first-order valence-electron chi connectivity index (χ1n) is 5.90. The summed E-state index contributed by atoms with van der Waals surface area (Å²) in [6, 6.07) is 9.44. The monoisotopic (exact) mass is 303 g/mol. The second-order valence-corrected chi connectivity index (χ2v) is 4.05. The molecule has 2 rings (SSSR count). The molecule has 0 amide bonds. The minimum absolute atomic E-state index is 0.158. The fourth-order valence-corrected chi connectivity index (χ4v) is 1.71. The SMILES string of the molecule is O=[N+]([O-])c1ccc(Oc2ccccc2/C=N/O)c([N+](=O)[O-])c1. The van der Waals surface area contributed by atoms with Gasteiger partial charge < -0.3 is 9.94 Å². The third-order valence-corrected chi connectivity index (χ3v) is 2.69. The van der Waals surface area contributed by atoms with Crippen LogP contribution in [0.3, 0.4) is 0 Å². The van der Waals surface area contributed by atoms with Crippen molar-refractivity contribution in [2.45, 2.75) is 0 Å². The number of hydrogen-bond acceptors (Lipinski definition) is 7. The van der Waals surface area contributed by atoms with Crippen LogP contribution < -0.4 is 4.74 Å². The van der Waals surface area contributed by atoms with Crippen molar-refractivity contribution in [3.8, 4) is 11.5 Å². The lowest BCUT2D eigenvalue weighted by Crippen LogP contribution is -1.97. The van der Waals surface area contributed by atoms with Gasteiger partial charge in [-0.25, -0.2) is 0 Å². The highest BCUT2D eigenvalue weighted by Gasteiger charge is 2.21. The van der Waals surface area contributed by atoms with E-state index in [2.05, 4.69) is 5.16 Å². The number of benzene rings is 2. The number of hydrogen-bond donors (Lipinski definition) is 1. The largest absolute Gasteiger partial charge is 0.449 e. The molecule has 0 aliphatic heterocycles. The summed E-state index contributed by atoms with van der Waals surface area (Å²) in [5.74, 6) is 0.0478. The van der Waals surface area contributed by atoms with Crippen LogP contribution in [-0.2, 0) is 0 Å². The second kappa shape index (κ2) is 6.31. The highest BCUT2D eigenvalue weighted by molar-refractivity contribution is 5.83. The third-order valence-electron chi connectivity index (χ3n) is 2.69. The first-order chi connectivity index (χ1) is 10.5. The Kier molecular flexibility index (Phi) is 4.27. The second-order valence-electron chi connectivity index (χ2n) is 4.05. The molecule has 0 bridgehead atoms. The van der Waals surface area contributed by atoms with E-state index < -0.39 is 21.2 Å². The summed E-state index contributed by atoms with van der Waals surface area (Å²) >= 11 is 0. The van der Waals surface area contributed by atoms with E-state index in [1.807, 2.05) is 0 Å². The maximum Gasteiger partial charge on any atom is 0.318 e. The maximum absolute atomic E-state index is 11.0. The molecule has 0 aliphatic carbocycles. The van der Waals surface area contributed by atoms with Gasteiger partial charge in [0.1, 0.15) is 5.75 Å². The Morgan fingerprint density at radius 2 is 1.77 bits per heavy atom. The van der Waals surface area contributed by atoms with E-state index in [9.17, 15) is 20.2 Å². The van der Waals surface area contributed by atoms with Gasteiger partial charge in [0.25, 0.3) is 5.69 Å². The molecule has 9 heteroatoms. The number of para-hydroxylation sites is 1. The molecule has 0 saturated carbocycles. The molecule has 112 valence electrons. The fourth-order valence-electron chi connectivity index (χ4n) is 1.71. The van der Waals surface area contributed by atoms with Crippen molar-refractivity contribution in [3.63, 3.8) is 0 Å². The van der Waals surface area contributed by atoms with Gasteiger partial charge in [0, 0.05) is 11.6 Å². The van der Waals surface area contributed by atoms with Crippen LogP contribution in [0, 0.1) is 20.2 Å². The van der Waals surface area contributed by atoms with Gasteiger partial charge in [-0.3, -0.25) is 20.2 Å². The molecule has 9 nitrogen and oxygen atoms in total. The fraction of sp³-hybridized carbons (Fsp3) is 0. The van der Waals surface area contributed by atoms with Gasteiger partial charge in [-0.05, 0) is 18.2 Å². The zero-order valence-electron chi connectivity index (χ0n) is 10.9. The molecule has 0 spiro atoms. The molecule has 0 atom stereocenters. The molecule has 0 saturated heterocycles. The van der Waals surface area contributed by atoms with E-state index in [1.165, 1.54) is 6.07 Å². The smallest absolute Gasteiger partial charge is 0.318 e. The lowest BCUT2D eigenvalue weighted by atomic mass is 10.2. The summed E-state index contributed by atoms with van der Waals surface area (Å²) in [7, 11) is 0. The van der Waals surface area contributed by atoms with Crippen molar-refractivity contribution in [2.75, 3.05) is 0 Å². The lowest BCUT2D eigenvalue weighted by molar-refractivity contribution is -0.394. The standard InChI is InChI=1S/C13H9N3O6/c17-14-8-9-3-1-2-4-12(9)22-13-6-5-10(15(18)19)7-11(13)16(20)21/h1-8,17H/b14-8+. The Balaban J connectivity index is 2.46. The summed E-state index contributed by atoms with van der Waals surface area (Å²) in [6.45, 7) is 0. The van der Waals surface area contributed by atoms with Crippen LogP contribution in [0.2, 0.25) is 0 Å². The number of ether oxygens (including phenoxy) is 1. The number of nitro groups is 2. The summed E-state index contributed by atoms with van der Waals surface area (Å²) in [4.78, 5) is 20.2. The van der Waals surface area contributed by atoms with Gasteiger partial charge in [-0.15, -0.1) is 0 Å². The molecule has 0 unspecified atom stereocenters. The third kappa shape index (κ3) is 3.15. The summed E-state index contributed by atoms with van der Waals surface area (Å²) < 4.78 is 5.42. The zero-order chi connectivity index (χ0) is 16.1. The zero-order valence-corrected chi connectivity index (χ0v) is 10.9. The van der Waals surface area contributed by atoms with Crippen LogP contribution in [0.1, 0.15) is 5.56 Å². The first kappa shape index (κ1) is 14.9. The molecular weight excluding hydrogens is 294 g/mol. The summed E-state index contributed by atoms with van der Waals surface area (Å²) in [6.07, 6.45) is 1.10. The number of rotatable bonds is 5. The van der Waals surface area contributed by atoms with Gasteiger partial charge in [0.2, 0.25) is 5.75 Å². The van der Waals surface area contributed by atoms with Crippen LogP contribution in [0.15, 0.2) is 47.6 Å². The van der Waals surface area contributed by atoms with Crippen molar-refractivity contribution in [3.05, 3.63) is 68.3 Å². The molecule has 0 radical (unpaired) electrons. The number of nitro benzene ring substituents is 2. The molecular formula is C13H9N3O6. The topological polar surface area (TPSA) is 128 Å². The Hall–Kier alpha value is -3.49. The molecule has 2 aromatic carbocycles. The van der Waals surface area contributed by atoms with E-state index in [0.717, 1.165) is 24.4 Å². The molecule has 0 aliphatic rings. The van der Waals surface area contributed by atoms with Crippen molar-refractivity contribution >= 4 is 17.6 Å². The minimum atomic E-state index is -0.773.